The molecule has 0 unspecified atom stereocenters. The lowest BCUT2D eigenvalue weighted by molar-refractivity contribution is -0.114. The maximum atomic E-state index is 13.4. The number of ether oxygens (including phenoxy) is 1. The standard InChI is InChI=1S/C21H17Cl2FN2O4S/c1-30-20-10-8-15(12-18(20)23)26(31(28,29)16-5-3-2-4-6-16)13-21(27)25-14-7-9-19(24)17(22)11-14/h2-12H,13H2,1H3,(H,25,27). The molecular formula is C21H17Cl2FN2O4S. The fourth-order valence-electron chi connectivity index (χ4n) is 2.75. The molecule has 0 spiro atoms. The van der Waals surface area contributed by atoms with Crippen LogP contribution in [0.25, 0.3) is 0 Å². The van der Waals surface area contributed by atoms with Crippen LogP contribution in [-0.2, 0) is 14.8 Å². The molecule has 0 aromatic heterocycles. The van der Waals surface area contributed by atoms with Crippen LogP contribution in [0.15, 0.2) is 71.6 Å². The topological polar surface area (TPSA) is 75.7 Å². The quantitative estimate of drug-likeness (QED) is 0.515. The smallest absolute Gasteiger partial charge is 0.264 e. The van der Waals surface area contributed by atoms with Crippen molar-refractivity contribution >= 4 is 50.5 Å². The Balaban J connectivity index is 1.96. The third kappa shape index (κ3) is 5.28. The molecule has 3 aromatic rings. The lowest BCUT2D eigenvalue weighted by atomic mass is 10.3. The van der Waals surface area contributed by atoms with E-state index >= 15 is 0 Å². The number of anilines is 2. The van der Waals surface area contributed by atoms with Crippen LogP contribution >= 0.6 is 23.2 Å². The second-order valence-corrected chi connectivity index (χ2v) is 9.00. The molecule has 0 atom stereocenters. The molecule has 0 aliphatic rings. The number of benzene rings is 3. The van der Waals surface area contributed by atoms with E-state index in [9.17, 15) is 17.6 Å². The van der Waals surface area contributed by atoms with Gasteiger partial charge in [-0.05, 0) is 48.5 Å². The average molecular weight is 483 g/mol. The van der Waals surface area contributed by atoms with E-state index < -0.39 is 28.3 Å². The molecule has 0 aliphatic heterocycles. The van der Waals surface area contributed by atoms with Gasteiger partial charge in [-0.3, -0.25) is 9.10 Å². The third-order valence-electron chi connectivity index (χ3n) is 4.25. The van der Waals surface area contributed by atoms with Crippen molar-refractivity contribution in [3.63, 3.8) is 0 Å². The molecule has 0 fully saturated rings. The van der Waals surface area contributed by atoms with Crippen LogP contribution in [0.5, 0.6) is 5.75 Å². The molecule has 3 rings (SSSR count). The summed E-state index contributed by atoms with van der Waals surface area (Å²) in [5.74, 6) is -0.942. The van der Waals surface area contributed by atoms with Crippen molar-refractivity contribution in [3.05, 3.63) is 82.6 Å². The maximum Gasteiger partial charge on any atom is 0.264 e. The molecule has 0 saturated carbocycles. The van der Waals surface area contributed by atoms with Gasteiger partial charge in [-0.2, -0.15) is 0 Å². The van der Waals surface area contributed by atoms with Crippen LogP contribution in [0.4, 0.5) is 15.8 Å². The molecule has 0 bridgehead atoms. The van der Waals surface area contributed by atoms with Crippen molar-refractivity contribution in [1.29, 1.82) is 0 Å². The van der Waals surface area contributed by atoms with Crippen LogP contribution < -0.4 is 14.4 Å². The van der Waals surface area contributed by atoms with Crippen LogP contribution in [-0.4, -0.2) is 28.0 Å². The number of nitrogens with one attached hydrogen (secondary N) is 1. The van der Waals surface area contributed by atoms with Gasteiger partial charge in [0.1, 0.15) is 18.1 Å². The largest absolute Gasteiger partial charge is 0.495 e. The Hall–Kier alpha value is -2.81. The summed E-state index contributed by atoms with van der Waals surface area (Å²) in [7, 11) is -2.67. The monoisotopic (exact) mass is 482 g/mol. The summed E-state index contributed by atoms with van der Waals surface area (Å²) in [6, 6.07) is 15.7. The van der Waals surface area contributed by atoms with Crippen molar-refractivity contribution in [1.82, 2.24) is 0 Å². The highest BCUT2D eigenvalue weighted by Gasteiger charge is 2.27. The Kier molecular flexibility index (Phi) is 7.04. The van der Waals surface area contributed by atoms with E-state index in [4.69, 9.17) is 27.9 Å². The molecular weight excluding hydrogens is 466 g/mol. The molecule has 0 aliphatic carbocycles. The van der Waals surface area contributed by atoms with Gasteiger partial charge in [-0.1, -0.05) is 41.4 Å². The summed E-state index contributed by atoms with van der Waals surface area (Å²) in [6.07, 6.45) is 0. The van der Waals surface area contributed by atoms with Crippen LogP contribution in [0.1, 0.15) is 0 Å². The van der Waals surface area contributed by atoms with Gasteiger partial charge in [-0.25, -0.2) is 12.8 Å². The first-order valence-electron chi connectivity index (χ1n) is 8.88. The number of rotatable bonds is 7. The van der Waals surface area contributed by atoms with Gasteiger partial charge < -0.3 is 10.1 Å². The fourth-order valence-corrected chi connectivity index (χ4v) is 4.62. The Bertz CT molecular complexity index is 1210. The Morgan fingerprint density at radius 2 is 1.74 bits per heavy atom. The lowest BCUT2D eigenvalue weighted by Gasteiger charge is -2.24. The minimum Gasteiger partial charge on any atom is -0.495 e. The number of methoxy groups -OCH3 is 1. The van der Waals surface area contributed by atoms with E-state index in [0.717, 1.165) is 10.4 Å². The van der Waals surface area contributed by atoms with Crippen molar-refractivity contribution in [2.45, 2.75) is 4.90 Å². The predicted octanol–water partition coefficient (Wildman–Crippen LogP) is 4.98. The first-order valence-corrected chi connectivity index (χ1v) is 11.1. The highest BCUT2D eigenvalue weighted by atomic mass is 35.5. The number of halogens is 3. The first kappa shape index (κ1) is 22.9. The number of carbonyl (C=O) groups is 1. The van der Waals surface area contributed by atoms with E-state index in [2.05, 4.69) is 5.32 Å². The van der Waals surface area contributed by atoms with E-state index in [1.165, 1.54) is 49.6 Å². The van der Waals surface area contributed by atoms with Gasteiger partial charge in [0.25, 0.3) is 10.0 Å². The molecule has 3 aromatic carbocycles. The number of hydrogen-bond acceptors (Lipinski definition) is 4. The van der Waals surface area contributed by atoms with Crippen molar-refractivity contribution in [3.8, 4) is 5.75 Å². The molecule has 0 radical (unpaired) electrons. The van der Waals surface area contributed by atoms with E-state index in [-0.39, 0.29) is 26.3 Å². The summed E-state index contributed by atoms with van der Waals surface area (Å²) in [5, 5.41) is 2.52. The zero-order valence-corrected chi connectivity index (χ0v) is 18.5. The predicted molar refractivity (Wildman–Crippen MR) is 119 cm³/mol. The molecule has 162 valence electrons. The number of carbonyl (C=O) groups excluding carboxylic acids is 1. The van der Waals surface area contributed by atoms with E-state index in [1.54, 1.807) is 18.2 Å². The summed E-state index contributed by atoms with van der Waals surface area (Å²) in [6.45, 7) is -0.561. The fraction of sp³-hybridized carbons (Fsp3) is 0.0952. The highest BCUT2D eigenvalue weighted by molar-refractivity contribution is 7.92. The van der Waals surface area contributed by atoms with Crippen LogP contribution in [0.3, 0.4) is 0 Å². The number of nitrogens with zero attached hydrogens (tertiary/aromatic N) is 1. The summed E-state index contributed by atoms with van der Waals surface area (Å²) in [5.41, 5.74) is 0.392. The molecule has 31 heavy (non-hydrogen) atoms. The SMILES string of the molecule is COc1ccc(N(CC(=O)Nc2ccc(F)c(Cl)c2)S(=O)(=O)c2ccccc2)cc1Cl. The molecule has 6 nitrogen and oxygen atoms in total. The van der Waals surface area contributed by atoms with Crippen molar-refractivity contribution in [2.24, 2.45) is 0 Å². The zero-order valence-electron chi connectivity index (χ0n) is 16.2. The minimum atomic E-state index is -4.11. The summed E-state index contributed by atoms with van der Waals surface area (Å²) < 4.78 is 46.0. The molecule has 0 saturated heterocycles. The number of sulfonamides is 1. The summed E-state index contributed by atoms with van der Waals surface area (Å²) in [4.78, 5) is 12.7. The second-order valence-electron chi connectivity index (χ2n) is 6.32. The molecule has 1 N–H and O–H groups in total. The Morgan fingerprint density at radius 3 is 2.35 bits per heavy atom. The van der Waals surface area contributed by atoms with Gasteiger partial charge in [0, 0.05) is 5.69 Å². The van der Waals surface area contributed by atoms with Crippen molar-refractivity contribution < 1.29 is 22.3 Å². The number of amides is 1. The van der Waals surface area contributed by atoms with Gasteiger partial charge in [0.15, 0.2) is 0 Å². The van der Waals surface area contributed by atoms with Gasteiger partial charge in [0.2, 0.25) is 5.91 Å². The van der Waals surface area contributed by atoms with Crippen LogP contribution in [0.2, 0.25) is 10.0 Å². The normalized spacial score (nSPS) is 11.1. The first-order chi connectivity index (χ1) is 14.7. The molecule has 1 amide bonds. The third-order valence-corrected chi connectivity index (χ3v) is 6.62. The summed E-state index contributed by atoms with van der Waals surface area (Å²) >= 11 is 11.9. The van der Waals surface area contributed by atoms with E-state index in [0.29, 0.717) is 5.75 Å². The van der Waals surface area contributed by atoms with Gasteiger partial charge in [0.05, 0.1) is 27.7 Å². The minimum absolute atomic E-state index is 0.000401. The van der Waals surface area contributed by atoms with Gasteiger partial charge >= 0.3 is 0 Å². The van der Waals surface area contributed by atoms with Gasteiger partial charge in [-0.15, -0.1) is 0 Å². The Labute approximate surface area is 189 Å². The van der Waals surface area contributed by atoms with E-state index in [1.807, 2.05) is 0 Å². The number of hydrogen-bond donors (Lipinski definition) is 1. The maximum absolute atomic E-state index is 13.4. The van der Waals surface area contributed by atoms with Crippen LogP contribution in [0, 0.1) is 5.82 Å². The molecule has 0 heterocycles. The zero-order chi connectivity index (χ0) is 22.6. The molecule has 10 heteroatoms. The van der Waals surface area contributed by atoms with Crippen molar-refractivity contribution in [2.75, 3.05) is 23.3 Å². The second kappa shape index (κ2) is 9.55. The lowest BCUT2D eigenvalue weighted by Crippen LogP contribution is -2.38. The average Bonchev–Trinajstić information content (AvgIpc) is 2.75. The Morgan fingerprint density at radius 1 is 1.03 bits per heavy atom. The highest BCUT2D eigenvalue weighted by Crippen LogP contribution is 2.32.